The van der Waals surface area contributed by atoms with Crippen molar-refractivity contribution in [3.8, 4) is 0 Å². The van der Waals surface area contributed by atoms with Gasteiger partial charge in [0.25, 0.3) is 0 Å². The molecule has 0 spiro atoms. The van der Waals surface area contributed by atoms with Gasteiger partial charge < -0.3 is 0 Å². The van der Waals surface area contributed by atoms with Gasteiger partial charge in [-0.1, -0.05) is 13.8 Å². The molecule has 0 aromatic heterocycles. The van der Waals surface area contributed by atoms with Crippen molar-refractivity contribution in [2.75, 3.05) is 0 Å². The van der Waals surface area contributed by atoms with E-state index in [2.05, 4.69) is 6.92 Å². The van der Waals surface area contributed by atoms with Crippen LogP contribution in [0.1, 0.15) is 6.92 Å². The second-order valence-electron chi connectivity index (χ2n) is 0. The molecule has 0 N–H and O–H groups in total. The average molecular weight is 77.1 g/mol. The molecule has 0 atom stereocenters. The molecule has 0 aliphatic heterocycles. The predicted molar refractivity (Wildman–Crippen MR) is 25.3 cm³/mol. The second kappa shape index (κ2) is 20.0. The van der Waals surface area contributed by atoms with Crippen LogP contribution in [0, 0.1) is 6.92 Å². The third-order valence-corrected chi connectivity index (χ3v) is 0. The molecule has 0 saturated carbocycles. The molecule has 0 amide bonds. The molecule has 0 aliphatic carbocycles. The molecule has 0 saturated heterocycles. The van der Waals surface area contributed by atoms with Gasteiger partial charge in [-0.2, -0.15) is 0 Å². The summed E-state index contributed by atoms with van der Waals surface area (Å²) in [4.78, 5) is 0. The SMILES string of the molecule is [CH2]C.[NaH].[NaH]. The summed E-state index contributed by atoms with van der Waals surface area (Å²) in [5.74, 6) is 0. The fourth-order valence-corrected chi connectivity index (χ4v) is 0. The van der Waals surface area contributed by atoms with E-state index < -0.39 is 0 Å². The zero-order valence-electron chi connectivity index (χ0n) is 1.71. The second-order valence-corrected chi connectivity index (χ2v) is 0. The van der Waals surface area contributed by atoms with E-state index in [4.69, 9.17) is 0 Å². The first-order chi connectivity index (χ1) is 1.00. The van der Waals surface area contributed by atoms with Crippen molar-refractivity contribution in [3.63, 3.8) is 0 Å². The van der Waals surface area contributed by atoms with Gasteiger partial charge in [0.05, 0.1) is 0 Å². The van der Waals surface area contributed by atoms with Crippen LogP contribution in [0.15, 0.2) is 0 Å². The molecule has 0 nitrogen and oxygen atoms in total. The Hall–Kier alpha value is 2.00. The van der Waals surface area contributed by atoms with Crippen molar-refractivity contribution in [1.29, 1.82) is 0 Å². The molecule has 2 heteroatoms. The molecule has 1 radical (unpaired) electrons. The summed E-state index contributed by atoms with van der Waals surface area (Å²) in [7, 11) is 0. The maximum atomic E-state index is 3.25. The minimum atomic E-state index is 0. The zero-order valence-corrected chi connectivity index (χ0v) is 1.71. The van der Waals surface area contributed by atoms with Crippen LogP contribution in [-0.4, -0.2) is 59.1 Å². The Bertz CT molecular complexity index is 4.00. The van der Waals surface area contributed by atoms with Crippen LogP contribution < -0.4 is 0 Å². The fourth-order valence-electron chi connectivity index (χ4n) is 0. The van der Waals surface area contributed by atoms with Gasteiger partial charge in [-0.15, -0.1) is 0 Å². The molecular weight excluding hydrogens is 70.0 g/mol. The van der Waals surface area contributed by atoms with E-state index in [-0.39, 0.29) is 59.1 Å². The van der Waals surface area contributed by atoms with Crippen LogP contribution in [0.3, 0.4) is 0 Å². The summed E-state index contributed by atoms with van der Waals surface area (Å²) in [6.07, 6.45) is 0. The van der Waals surface area contributed by atoms with E-state index in [0.717, 1.165) is 0 Å². The standard InChI is InChI=1S/C2H5.2Na.2H/c1-2;;;;/h1H2,2H3;;;;. The summed E-state index contributed by atoms with van der Waals surface area (Å²) in [6, 6.07) is 0. The Morgan fingerprint density at radius 1 is 1.00 bits per heavy atom. The molecule has 4 heavy (non-hydrogen) atoms. The first-order valence-corrected chi connectivity index (χ1v) is 0.707. The maximum absolute atomic E-state index is 3.25. The van der Waals surface area contributed by atoms with Gasteiger partial charge in [0.1, 0.15) is 0 Å². The van der Waals surface area contributed by atoms with Crippen LogP contribution in [0.4, 0.5) is 0 Å². The van der Waals surface area contributed by atoms with Crippen molar-refractivity contribution >= 4 is 59.1 Å². The Morgan fingerprint density at radius 2 is 1.00 bits per heavy atom. The molecule has 0 aromatic rings. The summed E-state index contributed by atoms with van der Waals surface area (Å²) >= 11 is 0. The topological polar surface area (TPSA) is 0 Å². The van der Waals surface area contributed by atoms with Crippen molar-refractivity contribution < 1.29 is 0 Å². The van der Waals surface area contributed by atoms with Crippen molar-refractivity contribution in [3.05, 3.63) is 6.92 Å². The predicted octanol–water partition coefficient (Wildman–Crippen LogP) is -0.457. The first kappa shape index (κ1) is 16.7. The van der Waals surface area contributed by atoms with Crippen LogP contribution in [0.25, 0.3) is 0 Å². The molecule has 0 fully saturated rings. The van der Waals surface area contributed by atoms with Crippen LogP contribution >= 0.6 is 0 Å². The third kappa shape index (κ3) is 9.00. The van der Waals surface area contributed by atoms with E-state index in [1.807, 2.05) is 0 Å². The summed E-state index contributed by atoms with van der Waals surface area (Å²) in [6.45, 7) is 5.00. The van der Waals surface area contributed by atoms with Gasteiger partial charge >= 0.3 is 59.1 Å². The number of rotatable bonds is 0. The van der Waals surface area contributed by atoms with E-state index >= 15 is 0 Å². The molecule has 0 aliphatic rings. The molecule has 0 unspecified atom stereocenters. The van der Waals surface area contributed by atoms with E-state index in [0.29, 0.717) is 0 Å². The van der Waals surface area contributed by atoms with Gasteiger partial charge in [-0.3, -0.25) is 0 Å². The van der Waals surface area contributed by atoms with Crippen molar-refractivity contribution in [2.24, 2.45) is 0 Å². The van der Waals surface area contributed by atoms with Crippen molar-refractivity contribution in [2.45, 2.75) is 6.92 Å². The molecule has 0 bridgehead atoms. The Labute approximate surface area is 71.9 Å². The summed E-state index contributed by atoms with van der Waals surface area (Å²) in [5, 5.41) is 0. The normalized spacial score (nSPS) is 1.50. The summed E-state index contributed by atoms with van der Waals surface area (Å²) in [5.41, 5.74) is 0. The monoisotopic (exact) mass is 77.0 g/mol. The third-order valence-electron chi connectivity index (χ3n) is 0. The van der Waals surface area contributed by atoms with E-state index in [1.165, 1.54) is 0 Å². The van der Waals surface area contributed by atoms with Gasteiger partial charge in [-0.25, -0.2) is 0 Å². The minimum absolute atomic E-state index is 0. The Kier molecular flexibility index (Phi) is 83.3. The van der Waals surface area contributed by atoms with Crippen LogP contribution in [-0.2, 0) is 0 Å². The summed E-state index contributed by atoms with van der Waals surface area (Å²) < 4.78 is 0. The van der Waals surface area contributed by atoms with Crippen molar-refractivity contribution in [1.82, 2.24) is 0 Å². The number of hydrogen-bond donors (Lipinski definition) is 0. The quantitative estimate of drug-likeness (QED) is 0.343. The van der Waals surface area contributed by atoms with E-state index in [1.54, 1.807) is 6.92 Å². The van der Waals surface area contributed by atoms with Gasteiger partial charge in [0.15, 0.2) is 0 Å². The Balaban J connectivity index is -0.00000000500. The Morgan fingerprint density at radius 3 is 1.00 bits per heavy atom. The molecule has 17 valence electrons. The number of hydrogen-bond acceptors (Lipinski definition) is 0. The van der Waals surface area contributed by atoms with Gasteiger partial charge in [-0.05, 0) is 0 Å². The molecule has 0 rings (SSSR count). The molecular formula is C2H7Na2. The molecule has 0 aromatic carbocycles. The van der Waals surface area contributed by atoms with Crippen LogP contribution in [0.2, 0.25) is 0 Å². The average Bonchev–Trinajstić information content (AvgIpc) is 1.00. The fraction of sp³-hybridized carbons (Fsp3) is 0.500. The van der Waals surface area contributed by atoms with E-state index in [9.17, 15) is 0 Å². The van der Waals surface area contributed by atoms with Gasteiger partial charge in [0.2, 0.25) is 0 Å². The van der Waals surface area contributed by atoms with Crippen LogP contribution in [0.5, 0.6) is 0 Å². The van der Waals surface area contributed by atoms with Gasteiger partial charge in [0, 0.05) is 0 Å². The zero-order chi connectivity index (χ0) is 2.00. The molecule has 0 heterocycles. The first-order valence-electron chi connectivity index (χ1n) is 0.707.